The third-order valence-electron chi connectivity index (χ3n) is 6.76. The van der Waals surface area contributed by atoms with Crippen LogP contribution in [-0.4, -0.2) is 35.0 Å². The Morgan fingerprint density at radius 1 is 0.960 bits per heavy atom. The minimum atomic E-state index is -3.55. The van der Waals surface area contributed by atoms with Gasteiger partial charge in [0, 0.05) is 6.04 Å². The molecular formula is C20H29NO3S. The standard InChI is InChI=1S/C20H29NO3S/c1-16-9-11-17(12-10-16)25(23,24)21-18-8-4-7-15-20(18,21)19(22)13-5-2-3-6-14-19/h9-12,18,22H,2-8,13-15H2,1H3/t18-,20+,21?/m0/s1. The van der Waals surface area contributed by atoms with E-state index in [4.69, 9.17) is 0 Å². The summed E-state index contributed by atoms with van der Waals surface area (Å²) in [7, 11) is -3.55. The molecule has 25 heavy (non-hydrogen) atoms. The Morgan fingerprint density at radius 2 is 1.56 bits per heavy atom. The minimum absolute atomic E-state index is 0.0179. The van der Waals surface area contributed by atoms with Crippen molar-refractivity contribution in [3.8, 4) is 0 Å². The van der Waals surface area contributed by atoms with Gasteiger partial charge in [-0.1, -0.05) is 56.2 Å². The Kier molecular flexibility index (Phi) is 4.25. The Hall–Kier alpha value is -0.910. The van der Waals surface area contributed by atoms with E-state index in [1.807, 2.05) is 19.1 Å². The lowest BCUT2D eigenvalue weighted by atomic mass is 9.72. The summed E-state index contributed by atoms with van der Waals surface area (Å²) in [5.41, 5.74) is -0.356. The van der Waals surface area contributed by atoms with Gasteiger partial charge in [-0.25, -0.2) is 8.42 Å². The normalized spacial score (nSPS) is 34.8. The Bertz CT molecular complexity index is 735. The summed E-state index contributed by atoms with van der Waals surface area (Å²) in [4.78, 5) is 0.365. The summed E-state index contributed by atoms with van der Waals surface area (Å²) < 4.78 is 28.4. The first-order valence-corrected chi connectivity index (χ1v) is 11.2. The largest absolute Gasteiger partial charge is 0.388 e. The monoisotopic (exact) mass is 363 g/mol. The predicted molar refractivity (Wildman–Crippen MR) is 97.8 cm³/mol. The molecule has 1 saturated heterocycles. The van der Waals surface area contributed by atoms with Gasteiger partial charge in [-0.15, -0.1) is 0 Å². The maximum Gasteiger partial charge on any atom is 0.244 e. The fraction of sp³-hybridized carbons (Fsp3) is 0.700. The van der Waals surface area contributed by atoms with E-state index in [0.29, 0.717) is 4.90 Å². The molecule has 4 nitrogen and oxygen atoms in total. The summed E-state index contributed by atoms with van der Waals surface area (Å²) in [6.45, 7) is 1.96. The third-order valence-corrected chi connectivity index (χ3v) is 8.73. The topological polar surface area (TPSA) is 57.4 Å². The molecule has 0 spiro atoms. The van der Waals surface area contributed by atoms with Crippen molar-refractivity contribution in [2.45, 2.75) is 93.2 Å². The first kappa shape index (κ1) is 17.5. The number of benzene rings is 1. The van der Waals surface area contributed by atoms with Crippen LogP contribution in [0.15, 0.2) is 29.2 Å². The molecule has 138 valence electrons. The highest BCUT2D eigenvalue weighted by molar-refractivity contribution is 7.89. The number of aliphatic hydroxyl groups is 1. The van der Waals surface area contributed by atoms with Crippen LogP contribution in [0.4, 0.5) is 0 Å². The lowest BCUT2D eigenvalue weighted by Gasteiger charge is -2.38. The maximum absolute atomic E-state index is 13.4. The van der Waals surface area contributed by atoms with E-state index in [0.717, 1.165) is 69.8 Å². The van der Waals surface area contributed by atoms with Crippen LogP contribution in [0.1, 0.15) is 69.8 Å². The molecule has 5 heteroatoms. The molecule has 3 aliphatic rings. The average Bonchev–Trinajstić information content (AvgIpc) is 3.33. The molecular weight excluding hydrogens is 334 g/mol. The minimum Gasteiger partial charge on any atom is -0.388 e. The second-order valence-electron chi connectivity index (χ2n) is 8.25. The van der Waals surface area contributed by atoms with Gasteiger partial charge in [-0.05, 0) is 44.7 Å². The molecule has 0 bridgehead atoms. The molecule has 3 fully saturated rings. The number of fused-ring (bicyclic) bond motifs is 1. The van der Waals surface area contributed by atoms with Crippen LogP contribution in [-0.2, 0) is 10.0 Å². The molecule has 0 aromatic heterocycles. The van der Waals surface area contributed by atoms with Gasteiger partial charge < -0.3 is 5.11 Å². The summed E-state index contributed by atoms with van der Waals surface area (Å²) in [5, 5.41) is 11.6. The SMILES string of the molecule is Cc1ccc(S(=O)(=O)N2[C@H]3CCCC[C@]32C2(O)CCCCCC2)cc1. The maximum atomic E-state index is 13.4. The van der Waals surface area contributed by atoms with Crippen molar-refractivity contribution < 1.29 is 13.5 Å². The molecule has 0 amide bonds. The third kappa shape index (κ3) is 2.58. The van der Waals surface area contributed by atoms with Gasteiger partial charge in [-0.2, -0.15) is 4.31 Å². The molecule has 2 saturated carbocycles. The second-order valence-corrected chi connectivity index (χ2v) is 10.1. The zero-order chi connectivity index (χ0) is 17.7. The van der Waals surface area contributed by atoms with Crippen molar-refractivity contribution in [3.05, 3.63) is 29.8 Å². The molecule has 1 aromatic rings. The molecule has 3 atom stereocenters. The number of aryl methyl sites for hydroxylation is 1. The van der Waals surface area contributed by atoms with E-state index in [1.165, 1.54) is 0 Å². The Labute approximate surface area is 151 Å². The first-order valence-electron chi connectivity index (χ1n) is 9.75. The van der Waals surface area contributed by atoms with Crippen LogP contribution in [0, 0.1) is 6.92 Å². The lowest BCUT2D eigenvalue weighted by molar-refractivity contribution is -0.0312. The number of rotatable bonds is 3. The highest BCUT2D eigenvalue weighted by Gasteiger charge is 2.76. The highest BCUT2D eigenvalue weighted by atomic mass is 32.2. The molecule has 0 radical (unpaired) electrons. The van der Waals surface area contributed by atoms with Gasteiger partial charge in [0.25, 0.3) is 0 Å². The first-order chi connectivity index (χ1) is 11.9. The predicted octanol–water partition coefficient (Wildman–Crippen LogP) is 3.77. The Morgan fingerprint density at radius 3 is 2.20 bits per heavy atom. The van der Waals surface area contributed by atoms with E-state index < -0.39 is 21.2 Å². The van der Waals surface area contributed by atoms with Crippen molar-refractivity contribution >= 4 is 10.0 Å². The van der Waals surface area contributed by atoms with Crippen LogP contribution < -0.4 is 0 Å². The van der Waals surface area contributed by atoms with E-state index in [2.05, 4.69) is 0 Å². The van der Waals surface area contributed by atoms with Crippen molar-refractivity contribution in [2.24, 2.45) is 0 Å². The fourth-order valence-electron chi connectivity index (χ4n) is 5.43. The second kappa shape index (κ2) is 6.07. The van der Waals surface area contributed by atoms with Crippen molar-refractivity contribution in [3.63, 3.8) is 0 Å². The highest BCUT2D eigenvalue weighted by Crippen LogP contribution is 2.62. The van der Waals surface area contributed by atoms with E-state index in [9.17, 15) is 13.5 Å². The molecule has 4 rings (SSSR count). The van der Waals surface area contributed by atoms with Crippen LogP contribution in [0.5, 0.6) is 0 Å². The summed E-state index contributed by atoms with van der Waals surface area (Å²) >= 11 is 0. The average molecular weight is 364 g/mol. The number of sulfonamides is 1. The quantitative estimate of drug-likeness (QED) is 0.657. The number of hydrogen-bond acceptors (Lipinski definition) is 3. The van der Waals surface area contributed by atoms with Gasteiger partial charge in [0.05, 0.1) is 16.0 Å². The number of nitrogens with zero attached hydrogens (tertiary/aromatic N) is 1. The molecule has 1 aromatic carbocycles. The number of hydrogen-bond donors (Lipinski definition) is 1. The van der Waals surface area contributed by atoms with Crippen LogP contribution in [0.3, 0.4) is 0 Å². The smallest absolute Gasteiger partial charge is 0.244 e. The van der Waals surface area contributed by atoms with Crippen molar-refractivity contribution in [1.29, 1.82) is 0 Å². The van der Waals surface area contributed by atoms with Crippen molar-refractivity contribution in [1.82, 2.24) is 4.31 Å². The van der Waals surface area contributed by atoms with E-state index >= 15 is 0 Å². The summed E-state index contributed by atoms with van der Waals surface area (Å²) in [6.07, 6.45) is 9.54. The van der Waals surface area contributed by atoms with E-state index in [-0.39, 0.29) is 6.04 Å². The van der Waals surface area contributed by atoms with Gasteiger partial charge in [0.1, 0.15) is 0 Å². The van der Waals surface area contributed by atoms with Gasteiger partial charge in [0.2, 0.25) is 10.0 Å². The zero-order valence-electron chi connectivity index (χ0n) is 15.1. The van der Waals surface area contributed by atoms with Crippen LogP contribution in [0.25, 0.3) is 0 Å². The fourth-order valence-corrected chi connectivity index (χ4v) is 7.52. The molecule has 2 aliphatic carbocycles. The van der Waals surface area contributed by atoms with Crippen LogP contribution >= 0.6 is 0 Å². The summed E-state index contributed by atoms with van der Waals surface area (Å²) in [5.74, 6) is 0. The Balaban J connectivity index is 1.73. The van der Waals surface area contributed by atoms with Crippen molar-refractivity contribution in [2.75, 3.05) is 0 Å². The molecule has 1 N–H and O–H groups in total. The van der Waals surface area contributed by atoms with Gasteiger partial charge >= 0.3 is 0 Å². The van der Waals surface area contributed by atoms with Gasteiger partial charge in [0.15, 0.2) is 0 Å². The lowest BCUT2D eigenvalue weighted by Crippen LogP contribution is -2.50. The van der Waals surface area contributed by atoms with Crippen LogP contribution in [0.2, 0.25) is 0 Å². The molecule has 1 unspecified atom stereocenters. The zero-order valence-corrected chi connectivity index (χ0v) is 15.9. The summed E-state index contributed by atoms with van der Waals surface area (Å²) in [6, 6.07) is 7.11. The van der Waals surface area contributed by atoms with E-state index in [1.54, 1.807) is 16.4 Å². The van der Waals surface area contributed by atoms with Gasteiger partial charge in [-0.3, -0.25) is 0 Å². The molecule has 1 aliphatic heterocycles. The molecule has 1 heterocycles.